The number of nitrogens with one attached hydrogen (secondary N) is 1. The molecule has 0 fully saturated rings. The van der Waals surface area contributed by atoms with Gasteiger partial charge in [-0.2, -0.15) is 0 Å². The van der Waals surface area contributed by atoms with Crippen molar-refractivity contribution in [2.45, 2.75) is 27.2 Å². The van der Waals surface area contributed by atoms with Crippen LogP contribution in [-0.2, 0) is 16.0 Å². The molecule has 26 heavy (non-hydrogen) atoms. The molecule has 5 heteroatoms. The molecule has 2 aromatic carbocycles. The molecular weight excluding hydrogens is 330 g/mol. The van der Waals surface area contributed by atoms with E-state index in [1.165, 1.54) is 7.11 Å². The number of ether oxygens (including phenoxy) is 1. The molecule has 134 valence electrons. The molecule has 0 aliphatic rings. The van der Waals surface area contributed by atoms with Crippen LogP contribution in [0.3, 0.4) is 0 Å². The number of rotatable bonds is 4. The van der Waals surface area contributed by atoms with Crippen molar-refractivity contribution in [3.63, 3.8) is 0 Å². The van der Waals surface area contributed by atoms with Crippen LogP contribution < -0.4 is 5.32 Å². The Hall–Kier alpha value is -3.08. The van der Waals surface area contributed by atoms with Crippen molar-refractivity contribution < 1.29 is 18.7 Å². The lowest BCUT2D eigenvalue weighted by Gasteiger charge is -2.12. The Bertz CT molecular complexity index is 1000. The average Bonchev–Trinajstić information content (AvgIpc) is 3.02. The van der Waals surface area contributed by atoms with Crippen LogP contribution in [0.15, 0.2) is 41.0 Å². The van der Waals surface area contributed by atoms with Gasteiger partial charge < -0.3 is 14.5 Å². The number of hydrogen-bond donors (Lipinski definition) is 1. The number of benzene rings is 2. The van der Waals surface area contributed by atoms with Gasteiger partial charge in [-0.15, -0.1) is 0 Å². The highest BCUT2D eigenvalue weighted by Crippen LogP contribution is 2.27. The first-order chi connectivity index (χ1) is 12.4. The Labute approximate surface area is 152 Å². The normalized spacial score (nSPS) is 10.8. The topological polar surface area (TPSA) is 68.5 Å². The summed E-state index contributed by atoms with van der Waals surface area (Å²) in [5, 5.41) is 3.77. The number of esters is 1. The summed E-state index contributed by atoms with van der Waals surface area (Å²) in [6.07, 6.45) is 1.78. The van der Waals surface area contributed by atoms with Gasteiger partial charge in [0, 0.05) is 10.9 Å². The maximum atomic E-state index is 12.6. The predicted molar refractivity (Wildman–Crippen MR) is 101 cm³/mol. The van der Waals surface area contributed by atoms with E-state index in [-0.39, 0.29) is 12.3 Å². The number of methoxy groups -OCH3 is 1. The smallest absolute Gasteiger partial charge is 0.339 e. The van der Waals surface area contributed by atoms with Crippen molar-refractivity contribution in [1.29, 1.82) is 0 Å². The van der Waals surface area contributed by atoms with Gasteiger partial charge in [0.15, 0.2) is 0 Å². The van der Waals surface area contributed by atoms with E-state index in [0.29, 0.717) is 11.3 Å². The summed E-state index contributed by atoms with van der Waals surface area (Å²) >= 11 is 0. The predicted octanol–water partition coefficient (Wildman–Crippen LogP) is 4.33. The van der Waals surface area contributed by atoms with E-state index in [0.717, 1.165) is 33.2 Å². The Morgan fingerprint density at radius 2 is 1.85 bits per heavy atom. The first-order valence-electron chi connectivity index (χ1n) is 8.36. The maximum absolute atomic E-state index is 12.6. The van der Waals surface area contributed by atoms with Gasteiger partial charge in [-0.05, 0) is 43.5 Å². The average molecular weight is 351 g/mol. The molecule has 5 nitrogen and oxygen atoms in total. The summed E-state index contributed by atoms with van der Waals surface area (Å²) in [5.74, 6) is -0.700. The van der Waals surface area contributed by atoms with Gasteiger partial charge in [-0.1, -0.05) is 24.3 Å². The summed E-state index contributed by atoms with van der Waals surface area (Å²) in [4.78, 5) is 24.5. The second kappa shape index (κ2) is 7.04. The van der Waals surface area contributed by atoms with Crippen molar-refractivity contribution in [2.75, 3.05) is 12.4 Å². The summed E-state index contributed by atoms with van der Waals surface area (Å²) in [5.41, 5.74) is 5.44. The molecule has 0 aliphatic heterocycles. The zero-order valence-corrected chi connectivity index (χ0v) is 15.3. The number of carbonyl (C=O) groups excluding carboxylic acids is 2. The zero-order chi connectivity index (χ0) is 18.8. The third-order valence-corrected chi connectivity index (χ3v) is 4.64. The molecule has 3 rings (SSSR count). The number of fused-ring (bicyclic) bond motifs is 1. The van der Waals surface area contributed by atoms with Gasteiger partial charge in [0.25, 0.3) is 0 Å². The zero-order valence-electron chi connectivity index (χ0n) is 15.3. The highest BCUT2D eigenvalue weighted by Gasteiger charge is 2.18. The lowest BCUT2D eigenvalue weighted by Crippen LogP contribution is -2.18. The second-order valence-corrected chi connectivity index (χ2v) is 6.36. The molecule has 1 aromatic heterocycles. The van der Waals surface area contributed by atoms with Gasteiger partial charge in [0.2, 0.25) is 5.91 Å². The van der Waals surface area contributed by atoms with E-state index in [4.69, 9.17) is 9.15 Å². The Morgan fingerprint density at radius 1 is 1.08 bits per heavy atom. The van der Waals surface area contributed by atoms with Crippen LogP contribution in [0.1, 0.15) is 32.6 Å². The van der Waals surface area contributed by atoms with Crippen LogP contribution >= 0.6 is 0 Å². The molecule has 0 spiro atoms. The Morgan fingerprint density at radius 3 is 2.58 bits per heavy atom. The fourth-order valence-corrected chi connectivity index (χ4v) is 3.00. The van der Waals surface area contributed by atoms with Crippen molar-refractivity contribution in [3.8, 4) is 0 Å². The summed E-state index contributed by atoms with van der Waals surface area (Å²) < 4.78 is 10.5. The molecule has 0 saturated carbocycles. The first kappa shape index (κ1) is 17.7. The van der Waals surface area contributed by atoms with Crippen molar-refractivity contribution in [2.24, 2.45) is 0 Å². The minimum Gasteiger partial charge on any atom is -0.465 e. The standard InChI is InChI=1S/C21H21NO4/c1-12-8-9-16-15(11-26-20(16)14(12)3)10-18(23)22-19-13(2)6-5-7-17(19)21(24)25-4/h5-9,11H,10H2,1-4H3,(H,22,23). The highest BCUT2D eigenvalue weighted by atomic mass is 16.5. The monoisotopic (exact) mass is 351 g/mol. The van der Waals surface area contributed by atoms with E-state index in [2.05, 4.69) is 5.32 Å². The molecule has 1 heterocycles. The number of furan rings is 1. The molecular formula is C21H21NO4. The fraction of sp³-hybridized carbons (Fsp3) is 0.238. The van der Waals surface area contributed by atoms with Crippen LogP contribution in [0, 0.1) is 20.8 Å². The van der Waals surface area contributed by atoms with Crippen LogP contribution in [-0.4, -0.2) is 19.0 Å². The van der Waals surface area contributed by atoms with E-state index in [1.807, 2.05) is 39.0 Å². The van der Waals surface area contributed by atoms with Crippen LogP contribution in [0.4, 0.5) is 5.69 Å². The SMILES string of the molecule is COC(=O)c1cccc(C)c1NC(=O)Cc1coc2c(C)c(C)ccc12. The largest absolute Gasteiger partial charge is 0.465 e. The number of para-hydroxylation sites is 1. The summed E-state index contributed by atoms with van der Waals surface area (Å²) in [6.45, 7) is 5.86. The molecule has 0 radical (unpaired) electrons. The molecule has 3 aromatic rings. The van der Waals surface area contributed by atoms with Gasteiger partial charge >= 0.3 is 5.97 Å². The Balaban J connectivity index is 1.87. The number of amides is 1. The van der Waals surface area contributed by atoms with Gasteiger partial charge in [0.1, 0.15) is 5.58 Å². The Kier molecular flexibility index (Phi) is 4.80. The van der Waals surface area contributed by atoms with E-state index in [1.54, 1.807) is 18.4 Å². The van der Waals surface area contributed by atoms with Crippen LogP contribution in [0.5, 0.6) is 0 Å². The maximum Gasteiger partial charge on any atom is 0.339 e. The van der Waals surface area contributed by atoms with Gasteiger partial charge in [-0.25, -0.2) is 4.79 Å². The number of anilines is 1. The summed E-state index contributed by atoms with van der Waals surface area (Å²) in [7, 11) is 1.32. The van der Waals surface area contributed by atoms with E-state index < -0.39 is 5.97 Å². The van der Waals surface area contributed by atoms with Crippen molar-refractivity contribution >= 4 is 28.5 Å². The fourth-order valence-electron chi connectivity index (χ4n) is 3.00. The summed E-state index contributed by atoms with van der Waals surface area (Å²) in [6, 6.07) is 9.21. The molecule has 0 aliphatic carbocycles. The third-order valence-electron chi connectivity index (χ3n) is 4.64. The van der Waals surface area contributed by atoms with Crippen molar-refractivity contribution in [1.82, 2.24) is 0 Å². The third kappa shape index (κ3) is 3.20. The quantitative estimate of drug-likeness (QED) is 0.711. The van der Waals surface area contributed by atoms with E-state index >= 15 is 0 Å². The molecule has 0 bridgehead atoms. The minimum absolute atomic E-state index is 0.157. The first-order valence-corrected chi connectivity index (χ1v) is 8.36. The molecule has 1 amide bonds. The molecule has 0 atom stereocenters. The minimum atomic E-state index is -0.483. The lowest BCUT2D eigenvalue weighted by molar-refractivity contribution is -0.115. The van der Waals surface area contributed by atoms with Gasteiger partial charge in [-0.3, -0.25) is 4.79 Å². The van der Waals surface area contributed by atoms with Crippen LogP contribution in [0.25, 0.3) is 11.0 Å². The number of carbonyl (C=O) groups is 2. The highest BCUT2D eigenvalue weighted by molar-refractivity contribution is 6.03. The second-order valence-electron chi connectivity index (χ2n) is 6.36. The number of aryl methyl sites for hydroxylation is 3. The van der Waals surface area contributed by atoms with E-state index in [9.17, 15) is 9.59 Å². The number of hydrogen-bond acceptors (Lipinski definition) is 4. The van der Waals surface area contributed by atoms with Crippen molar-refractivity contribution in [3.05, 3.63) is 64.4 Å². The van der Waals surface area contributed by atoms with Crippen LogP contribution in [0.2, 0.25) is 0 Å². The molecule has 1 N–H and O–H groups in total. The molecule has 0 unspecified atom stereocenters. The molecule has 0 saturated heterocycles. The van der Waals surface area contributed by atoms with Gasteiger partial charge in [0.05, 0.1) is 31.0 Å². The lowest BCUT2D eigenvalue weighted by atomic mass is 10.0.